The molecule has 0 saturated carbocycles. The van der Waals surface area contributed by atoms with Crippen LogP contribution in [0, 0.1) is 0 Å². The molecule has 5 nitrogen and oxygen atoms in total. The Morgan fingerprint density at radius 1 is 0.828 bits per heavy atom. The predicted molar refractivity (Wildman–Crippen MR) is 117 cm³/mol. The first kappa shape index (κ1) is 21.2. The third kappa shape index (κ3) is 5.53. The normalized spacial score (nSPS) is 12.5. The van der Waals surface area contributed by atoms with Crippen molar-refractivity contribution in [3.63, 3.8) is 0 Å². The second-order valence-electron chi connectivity index (χ2n) is 6.56. The van der Waals surface area contributed by atoms with E-state index in [-0.39, 0.29) is 10.9 Å². The Bertz CT molecular complexity index is 1020. The molecule has 2 N–H and O–H groups in total. The summed E-state index contributed by atoms with van der Waals surface area (Å²) in [4.78, 5) is 12.9. The van der Waals surface area contributed by atoms with Gasteiger partial charge in [0.05, 0.1) is 17.0 Å². The smallest absolute Gasteiger partial charge is 0.241 e. The van der Waals surface area contributed by atoms with E-state index in [1.165, 1.54) is 19.1 Å². The Labute approximate surface area is 179 Å². The van der Waals surface area contributed by atoms with Gasteiger partial charge in [-0.25, -0.2) is 8.42 Å². The van der Waals surface area contributed by atoms with Crippen LogP contribution in [-0.4, -0.2) is 20.4 Å². The van der Waals surface area contributed by atoms with Gasteiger partial charge in [0.1, 0.15) is 0 Å². The van der Waals surface area contributed by atoms with Gasteiger partial charge in [-0.05, 0) is 42.3 Å². The molecule has 7 heteroatoms. The first-order valence-electron chi connectivity index (χ1n) is 9.05. The molecule has 0 saturated heterocycles. The number of nitrogens with one attached hydrogen (secondary N) is 2. The number of carbonyl (C=O) groups excluding carboxylic acids is 1. The van der Waals surface area contributed by atoms with Gasteiger partial charge >= 0.3 is 0 Å². The van der Waals surface area contributed by atoms with Gasteiger partial charge in [0, 0.05) is 4.47 Å². The summed E-state index contributed by atoms with van der Waals surface area (Å²) in [5.74, 6) is -0.414. The molecule has 0 heterocycles. The highest BCUT2D eigenvalue weighted by Gasteiger charge is 2.25. The largest absolute Gasteiger partial charge is 0.344 e. The monoisotopic (exact) mass is 472 g/mol. The van der Waals surface area contributed by atoms with Gasteiger partial charge in [-0.1, -0.05) is 76.6 Å². The molecule has 0 spiro atoms. The fraction of sp³-hybridized carbons (Fsp3) is 0.136. The molecule has 0 radical (unpaired) electrons. The van der Waals surface area contributed by atoms with Crippen LogP contribution >= 0.6 is 15.9 Å². The van der Waals surface area contributed by atoms with Gasteiger partial charge in [-0.15, -0.1) is 0 Å². The first-order valence-corrected chi connectivity index (χ1v) is 11.3. The Kier molecular flexibility index (Phi) is 6.84. The van der Waals surface area contributed by atoms with Crippen molar-refractivity contribution in [1.29, 1.82) is 0 Å². The quantitative estimate of drug-likeness (QED) is 0.545. The zero-order chi connectivity index (χ0) is 20.9. The minimum Gasteiger partial charge on any atom is -0.344 e. The highest BCUT2D eigenvalue weighted by atomic mass is 79.9. The van der Waals surface area contributed by atoms with E-state index in [9.17, 15) is 13.2 Å². The van der Waals surface area contributed by atoms with Crippen molar-refractivity contribution in [2.24, 2.45) is 0 Å². The highest BCUT2D eigenvalue weighted by Crippen LogP contribution is 2.22. The Morgan fingerprint density at radius 2 is 1.31 bits per heavy atom. The van der Waals surface area contributed by atoms with Gasteiger partial charge in [0.25, 0.3) is 0 Å². The number of hydrogen-bond acceptors (Lipinski definition) is 3. The van der Waals surface area contributed by atoms with E-state index in [1.54, 1.807) is 12.1 Å². The van der Waals surface area contributed by atoms with Crippen LogP contribution in [0.15, 0.2) is 94.3 Å². The molecule has 1 amide bonds. The third-order valence-electron chi connectivity index (χ3n) is 4.40. The van der Waals surface area contributed by atoms with E-state index in [0.29, 0.717) is 0 Å². The van der Waals surface area contributed by atoms with Gasteiger partial charge in [-0.2, -0.15) is 4.72 Å². The molecule has 0 fully saturated rings. The van der Waals surface area contributed by atoms with E-state index in [0.717, 1.165) is 15.6 Å². The number of benzene rings is 3. The topological polar surface area (TPSA) is 75.3 Å². The molecule has 3 rings (SSSR count). The second kappa shape index (κ2) is 9.35. The summed E-state index contributed by atoms with van der Waals surface area (Å²) >= 11 is 3.28. The zero-order valence-corrected chi connectivity index (χ0v) is 18.2. The van der Waals surface area contributed by atoms with Gasteiger partial charge in [0.15, 0.2) is 0 Å². The standard InChI is InChI=1S/C22H21BrN2O3S/c1-16(25-29(27,28)20-14-12-19(23)13-15-20)22(26)24-21(17-8-4-2-5-9-17)18-10-6-3-7-11-18/h2-16,21,25H,1H3,(H,24,26). The summed E-state index contributed by atoms with van der Waals surface area (Å²) in [6.45, 7) is 1.53. The SMILES string of the molecule is CC(NS(=O)(=O)c1ccc(Br)cc1)C(=O)NC(c1ccccc1)c1ccccc1. The van der Waals surface area contributed by atoms with Crippen LogP contribution in [0.5, 0.6) is 0 Å². The molecular formula is C22H21BrN2O3S. The number of halogens is 1. The van der Waals surface area contributed by atoms with Crippen molar-refractivity contribution in [3.8, 4) is 0 Å². The van der Waals surface area contributed by atoms with Crippen LogP contribution in [0.2, 0.25) is 0 Å². The van der Waals surface area contributed by atoms with E-state index in [2.05, 4.69) is 26.0 Å². The maximum absolute atomic E-state index is 12.8. The van der Waals surface area contributed by atoms with E-state index in [4.69, 9.17) is 0 Å². The zero-order valence-electron chi connectivity index (χ0n) is 15.7. The number of sulfonamides is 1. The van der Waals surface area contributed by atoms with Crippen molar-refractivity contribution < 1.29 is 13.2 Å². The number of amides is 1. The maximum atomic E-state index is 12.8. The molecule has 150 valence electrons. The van der Waals surface area contributed by atoms with Gasteiger partial charge in [-0.3, -0.25) is 4.79 Å². The lowest BCUT2D eigenvalue weighted by atomic mass is 9.98. The van der Waals surface area contributed by atoms with Crippen LogP contribution in [0.25, 0.3) is 0 Å². The molecule has 0 bridgehead atoms. The Balaban J connectivity index is 1.78. The molecule has 0 aliphatic rings. The second-order valence-corrected chi connectivity index (χ2v) is 9.19. The molecule has 3 aromatic rings. The van der Waals surface area contributed by atoms with Crippen molar-refractivity contribution in [2.45, 2.75) is 23.9 Å². The molecule has 29 heavy (non-hydrogen) atoms. The number of hydrogen-bond donors (Lipinski definition) is 2. The van der Waals surface area contributed by atoms with Crippen LogP contribution < -0.4 is 10.0 Å². The first-order chi connectivity index (χ1) is 13.9. The van der Waals surface area contributed by atoms with Gasteiger partial charge < -0.3 is 5.32 Å². The van der Waals surface area contributed by atoms with Crippen LogP contribution in [0.4, 0.5) is 0 Å². The van der Waals surface area contributed by atoms with E-state index >= 15 is 0 Å². The van der Waals surface area contributed by atoms with Gasteiger partial charge in [0.2, 0.25) is 15.9 Å². The molecule has 0 aliphatic heterocycles. The van der Waals surface area contributed by atoms with Crippen molar-refractivity contribution in [3.05, 3.63) is 101 Å². The van der Waals surface area contributed by atoms with Crippen LogP contribution in [0.1, 0.15) is 24.1 Å². The highest BCUT2D eigenvalue weighted by molar-refractivity contribution is 9.10. The third-order valence-corrected chi connectivity index (χ3v) is 6.49. The number of rotatable bonds is 7. The minimum atomic E-state index is -3.82. The maximum Gasteiger partial charge on any atom is 0.241 e. The summed E-state index contributed by atoms with van der Waals surface area (Å²) in [5, 5.41) is 2.96. The molecule has 1 unspecified atom stereocenters. The van der Waals surface area contributed by atoms with E-state index in [1.807, 2.05) is 60.7 Å². The molecule has 3 aromatic carbocycles. The number of carbonyl (C=O) groups is 1. The van der Waals surface area contributed by atoms with E-state index < -0.39 is 22.0 Å². The predicted octanol–water partition coefficient (Wildman–Crippen LogP) is 4.02. The fourth-order valence-electron chi connectivity index (χ4n) is 2.89. The molecule has 0 aliphatic carbocycles. The summed E-state index contributed by atoms with van der Waals surface area (Å²) in [5.41, 5.74) is 1.82. The lowest BCUT2D eigenvalue weighted by Gasteiger charge is -2.22. The lowest BCUT2D eigenvalue weighted by Crippen LogP contribution is -2.46. The summed E-state index contributed by atoms with van der Waals surface area (Å²) in [7, 11) is -3.82. The average molecular weight is 473 g/mol. The average Bonchev–Trinajstić information content (AvgIpc) is 2.73. The summed E-state index contributed by atoms with van der Waals surface area (Å²) < 4.78 is 28.4. The van der Waals surface area contributed by atoms with Crippen molar-refractivity contribution in [2.75, 3.05) is 0 Å². The van der Waals surface area contributed by atoms with Crippen LogP contribution in [-0.2, 0) is 14.8 Å². The van der Waals surface area contributed by atoms with Crippen LogP contribution in [0.3, 0.4) is 0 Å². The van der Waals surface area contributed by atoms with Crippen molar-refractivity contribution in [1.82, 2.24) is 10.0 Å². The Hall–Kier alpha value is -2.48. The fourth-order valence-corrected chi connectivity index (χ4v) is 4.35. The molecule has 0 aromatic heterocycles. The lowest BCUT2D eigenvalue weighted by molar-refractivity contribution is -0.122. The minimum absolute atomic E-state index is 0.100. The molecule has 1 atom stereocenters. The van der Waals surface area contributed by atoms with Crippen molar-refractivity contribution >= 4 is 31.9 Å². The molecular weight excluding hydrogens is 452 g/mol. The summed E-state index contributed by atoms with van der Waals surface area (Å²) in [6, 6.07) is 24.0. The summed E-state index contributed by atoms with van der Waals surface area (Å²) in [6.07, 6.45) is 0. The Morgan fingerprint density at radius 3 is 1.79 bits per heavy atom.